The highest BCUT2D eigenvalue weighted by Gasteiger charge is 2.38. The molecule has 0 spiro atoms. The summed E-state index contributed by atoms with van der Waals surface area (Å²) in [6.07, 6.45) is -3.40. The Morgan fingerprint density at radius 2 is 2.00 bits per heavy atom. The number of imidazole rings is 1. The van der Waals surface area contributed by atoms with Crippen LogP contribution >= 0.6 is 34.5 Å². The van der Waals surface area contributed by atoms with Crippen molar-refractivity contribution in [3.05, 3.63) is 33.1 Å². The topological polar surface area (TPSA) is 17.8 Å². The molecule has 2 nitrogen and oxygen atoms in total. The van der Waals surface area contributed by atoms with Gasteiger partial charge in [-0.05, 0) is 13.0 Å². The second kappa shape index (κ2) is 4.19. The van der Waals surface area contributed by atoms with E-state index in [1.807, 2.05) is 0 Å². The van der Waals surface area contributed by atoms with E-state index >= 15 is 0 Å². The Balaban J connectivity index is 2.65. The van der Waals surface area contributed by atoms with E-state index in [4.69, 9.17) is 23.2 Å². The summed E-state index contributed by atoms with van der Waals surface area (Å²) in [6, 6.07) is 1.40. The molecule has 0 fully saturated rings. The molecule has 0 aliphatic rings. The van der Waals surface area contributed by atoms with E-state index in [-0.39, 0.29) is 15.7 Å². The molecule has 0 aliphatic carbocycles. The summed E-state index contributed by atoms with van der Waals surface area (Å²) in [5.74, 6) is 0. The molecule has 0 bridgehead atoms. The van der Waals surface area contributed by atoms with Crippen molar-refractivity contribution in [3.63, 3.8) is 0 Å². The van der Waals surface area contributed by atoms with Crippen LogP contribution in [0.3, 0.4) is 0 Å². The van der Waals surface area contributed by atoms with Crippen molar-refractivity contribution >= 4 is 34.5 Å². The molecule has 2 aromatic rings. The summed E-state index contributed by atoms with van der Waals surface area (Å²) in [7, 11) is 0. The van der Waals surface area contributed by atoms with Gasteiger partial charge in [-0.25, -0.2) is 4.98 Å². The monoisotopic (exact) mass is 300 g/mol. The van der Waals surface area contributed by atoms with Crippen LogP contribution in [0.15, 0.2) is 12.4 Å². The molecule has 0 N–H and O–H groups in total. The summed E-state index contributed by atoms with van der Waals surface area (Å²) in [5, 5.41) is 0.382. The van der Waals surface area contributed by atoms with E-state index in [0.29, 0.717) is 4.34 Å². The predicted molar refractivity (Wildman–Crippen MR) is 61.2 cm³/mol. The normalized spacial score (nSPS) is 12.1. The molecule has 0 aromatic carbocycles. The Hall–Kier alpha value is -0.720. The van der Waals surface area contributed by atoms with Crippen LogP contribution in [0, 0.1) is 6.92 Å². The number of halogens is 5. The summed E-state index contributed by atoms with van der Waals surface area (Å²) < 4.78 is 39.7. The smallest absolute Gasteiger partial charge is 0.285 e. The minimum Gasteiger partial charge on any atom is -0.285 e. The fourth-order valence-electron chi connectivity index (χ4n) is 1.43. The Labute approximate surface area is 109 Å². The van der Waals surface area contributed by atoms with Gasteiger partial charge < -0.3 is 0 Å². The van der Waals surface area contributed by atoms with E-state index in [0.717, 1.165) is 22.2 Å². The van der Waals surface area contributed by atoms with E-state index < -0.39 is 11.9 Å². The number of hydrogen-bond acceptors (Lipinski definition) is 2. The molecule has 2 heterocycles. The highest BCUT2D eigenvalue weighted by molar-refractivity contribution is 7.19. The average Bonchev–Trinajstić information content (AvgIpc) is 2.68. The van der Waals surface area contributed by atoms with Gasteiger partial charge in [0.1, 0.15) is 11.3 Å². The second-order valence-electron chi connectivity index (χ2n) is 3.25. The molecule has 92 valence electrons. The number of alkyl halides is 3. The fourth-order valence-corrected chi connectivity index (χ4v) is 2.95. The summed E-state index contributed by atoms with van der Waals surface area (Å²) in [5.41, 5.74) is -0.934. The van der Waals surface area contributed by atoms with Crippen LogP contribution in [0.2, 0.25) is 9.36 Å². The molecular formula is C9H5Cl2F3N2S. The lowest BCUT2D eigenvalue weighted by molar-refractivity contribution is -0.142. The van der Waals surface area contributed by atoms with Gasteiger partial charge in [-0.2, -0.15) is 13.2 Å². The maximum Gasteiger partial charge on any atom is 0.433 e. The Morgan fingerprint density at radius 3 is 2.47 bits per heavy atom. The minimum atomic E-state index is -4.49. The van der Waals surface area contributed by atoms with Crippen molar-refractivity contribution in [1.82, 2.24) is 9.55 Å². The molecule has 2 rings (SSSR count). The van der Waals surface area contributed by atoms with Gasteiger partial charge in [-0.1, -0.05) is 23.2 Å². The van der Waals surface area contributed by atoms with Gasteiger partial charge in [-0.15, -0.1) is 11.3 Å². The molecule has 0 radical (unpaired) electrons. The number of rotatable bonds is 1. The van der Waals surface area contributed by atoms with Gasteiger partial charge in [0.2, 0.25) is 0 Å². The van der Waals surface area contributed by atoms with Gasteiger partial charge >= 0.3 is 6.18 Å². The molecule has 0 aliphatic heterocycles. The fraction of sp³-hybridized carbons (Fsp3) is 0.222. The lowest BCUT2D eigenvalue weighted by Crippen LogP contribution is -2.12. The van der Waals surface area contributed by atoms with E-state index in [1.165, 1.54) is 13.0 Å². The van der Waals surface area contributed by atoms with Crippen LogP contribution in [0.4, 0.5) is 13.2 Å². The number of hydrogen-bond donors (Lipinski definition) is 0. The van der Waals surface area contributed by atoms with Gasteiger partial charge in [0.15, 0.2) is 5.69 Å². The average molecular weight is 301 g/mol. The third kappa shape index (κ3) is 2.29. The molecule has 0 saturated heterocycles. The molecular weight excluding hydrogens is 296 g/mol. The maximum absolute atomic E-state index is 12.8. The zero-order valence-electron chi connectivity index (χ0n) is 8.35. The summed E-state index contributed by atoms with van der Waals surface area (Å²) in [4.78, 5) is 3.66. The molecule has 0 unspecified atom stereocenters. The van der Waals surface area contributed by atoms with E-state index in [1.54, 1.807) is 0 Å². The Kier molecular flexibility index (Phi) is 3.14. The van der Waals surface area contributed by atoms with Crippen molar-refractivity contribution in [2.75, 3.05) is 0 Å². The predicted octanol–water partition coefficient (Wildman–Crippen LogP) is 4.57. The number of nitrogens with zero attached hydrogens (tertiary/aromatic N) is 2. The van der Waals surface area contributed by atoms with Crippen molar-refractivity contribution in [2.24, 2.45) is 0 Å². The van der Waals surface area contributed by atoms with Crippen molar-refractivity contribution in [2.45, 2.75) is 13.1 Å². The summed E-state index contributed by atoms with van der Waals surface area (Å²) in [6.45, 7) is 1.29. The maximum atomic E-state index is 12.8. The molecule has 0 amide bonds. The molecule has 17 heavy (non-hydrogen) atoms. The van der Waals surface area contributed by atoms with Crippen LogP contribution < -0.4 is 0 Å². The van der Waals surface area contributed by atoms with E-state index in [2.05, 4.69) is 4.98 Å². The first kappa shape index (κ1) is 12.7. The second-order valence-corrected chi connectivity index (χ2v) is 5.32. The Bertz CT molecular complexity index is 559. The largest absolute Gasteiger partial charge is 0.433 e. The van der Waals surface area contributed by atoms with Gasteiger partial charge in [0.25, 0.3) is 0 Å². The standard InChI is InChI=1S/C9H5Cl2F3N2S/c1-4-7(9(12,13)14)16(3-15-4)8-5(10)2-6(11)17-8/h2-3H,1H3. The lowest BCUT2D eigenvalue weighted by Gasteiger charge is -2.10. The first-order valence-corrected chi connectivity index (χ1v) is 5.94. The molecule has 0 saturated carbocycles. The molecule has 2 aromatic heterocycles. The number of thiophene rings is 1. The molecule has 0 atom stereocenters. The van der Waals surface area contributed by atoms with Crippen molar-refractivity contribution < 1.29 is 13.2 Å². The van der Waals surface area contributed by atoms with Crippen LogP contribution in [0.25, 0.3) is 5.00 Å². The van der Waals surface area contributed by atoms with Crippen molar-refractivity contribution in [1.29, 1.82) is 0 Å². The van der Waals surface area contributed by atoms with E-state index in [9.17, 15) is 13.2 Å². The first-order valence-electron chi connectivity index (χ1n) is 4.37. The first-order chi connectivity index (χ1) is 7.80. The highest BCUT2D eigenvalue weighted by Crippen LogP contribution is 2.39. The van der Waals surface area contributed by atoms with Gasteiger partial charge in [0, 0.05) is 0 Å². The van der Waals surface area contributed by atoms with Crippen LogP contribution in [-0.4, -0.2) is 9.55 Å². The summed E-state index contributed by atoms with van der Waals surface area (Å²) >= 11 is 12.5. The quantitative estimate of drug-likeness (QED) is 0.754. The van der Waals surface area contributed by atoms with Gasteiger partial charge in [0.05, 0.1) is 15.1 Å². The van der Waals surface area contributed by atoms with Gasteiger partial charge in [-0.3, -0.25) is 4.57 Å². The zero-order valence-corrected chi connectivity index (χ0v) is 10.7. The number of aromatic nitrogens is 2. The molecule has 8 heteroatoms. The van der Waals surface area contributed by atoms with Crippen LogP contribution in [-0.2, 0) is 6.18 Å². The minimum absolute atomic E-state index is 0.0990. The Morgan fingerprint density at radius 1 is 1.35 bits per heavy atom. The highest BCUT2D eigenvalue weighted by atomic mass is 35.5. The zero-order chi connectivity index (χ0) is 12.8. The lowest BCUT2D eigenvalue weighted by atomic mass is 10.3. The number of aryl methyl sites for hydroxylation is 1. The van der Waals surface area contributed by atoms with Crippen LogP contribution in [0.1, 0.15) is 11.4 Å². The SMILES string of the molecule is Cc1ncn(-c2sc(Cl)cc2Cl)c1C(F)(F)F. The van der Waals surface area contributed by atoms with Crippen LogP contribution in [0.5, 0.6) is 0 Å². The van der Waals surface area contributed by atoms with Crippen molar-refractivity contribution in [3.8, 4) is 5.00 Å². The third-order valence-electron chi connectivity index (χ3n) is 2.08. The third-order valence-corrected chi connectivity index (χ3v) is 3.74.